The summed E-state index contributed by atoms with van der Waals surface area (Å²) in [6, 6.07) is 12.0. The molecule has 0 radical (unpaired) electrons. The molecule has 4 heterocycles. The van der Waals surface area contributed by atoms with Gasteiger partial charge in [0.25, 0.3) is 5.91 Å². The zero-order chi connectivity index (χ0) is 17.5. The van der Waals surface area contributed by atoms with Crippen LogP contribution in [0.5, 0.6) is 0 Å². The van der Waals surface area contributed by atoms with E-state index in [9.17, 15) is 4.79 Å². The summed E-state index contributed by atoms with van der Waals surface area (Å²) in [6.45, 7) is 1.30. The lowest BCUT2D eigenvalue weighted by molar-refractivity contribution is 0.0780. The maximum absolute atomic E-state index is 13.0. The van der Waals surface area contributed by atoms with Gasteiger partial charge in [-0.05, 0) is 23.3 Å². The van der Waals surface area contributed by atoms with Crippen LogP contribution < -0.4 is 0 Å². The highest BCUT2D eigenvalue weighted by molar-refractivity contribution is 6.04. The number of rotatable bonds is 4. The van der Waals surface area contributed by atoms with Crippen LogP contribution in [0.25, 0.3) is 16.8 Å². The third-order valence-electron chi connectivity index (χ3n) is 4.87. The quantitative estimate of drug-likeness (QED) is 0.619. The number of carbonyl (C=O) groups excluding carboxylic acids is 1. The fourth-order valence-corrected chi connectivity index (χ4v) is 3.60. The van der Waals surface area contributed by atoms with Crippen molar-refractivity contribution in [1.82, 2.24) is 24.5 Å². The Balaban J connectivity index is 1.38. The zero-order valence-electron chi connectivity index (χ0n) is 14.1. The highest BCUT2D eigenvalue weighted by atomic mass is 16.2. The maximum Gasteiger partial charge on any atom is 0.255 e. The van der Waals surface area contributed by atoms with Crippen LogP contribution in [0.4, 0.5) is 0 Å². The number of amides is 1. The number of pyridine rings is 1. The van der Waals surface area contributed by atoms with E-state index in [0.717, 1.165) is 40.0 Å². The van der Waals surface area contributed by atoms with E-state index in [2.05, 4.69) is 15.2 Å². The molecule has 0 unspecified atom stereocenters. The predicted molar refractivity (Wildman–Crippen MR) is 97.7 cm³/mol. The number of nitrogens with one attached hydrogen (secondary N) is 1. The molecule has 1 aliphatic heterocycles. The summed E-state index contributed by atoms with van der Waals surface area (Å²) in [5.41, 5.74) is 5.68. The smallest absolute Gasteiger partial charge is 0.255 e. The molecule has 1 N–H and O–H groups in total. The van der Waals surface area contributed by atoms with Crippen LogP contribution in [-0.4, -0.2) is 36.9 Å². The van der Waals surface area contributed by atoms with E-state index in [1.807, 2.05) is 64.3 Å². The molecule has 0 bridgehead atoms. The molecule has 6 nitrogen and oxygen atoms in total. The van der Waals surface area contributed by atoms with E-state index < -0.39 is 0 Å². The van der Waals surface area contributed by atoms with E-state index in [1.54, 1.807) is 6.20 Å². The van der Waals surface area contributed by atoms with Crippen molar-refractivity contribution in [3.8, 4) is 11.1 Å². The molecule has 1 aromatic carbocycles. The first-order valence-corrected chi connectivity index (χ1v) is 8.62. The van der Waals surface area contributed by atoms with Gasteiger partial charge < -0.3 is 9.30 Å². The Labute approximate surface area is 150 Å². The van der Waals surface area contributed by atoms with Crippen LogP contribution in [-0.2, 0) is 13.0 Å². The molecule has 26 heavy (non-hydrogen) atoms. The highest BCUT2D eigenvalue weighted by Gasteiger charge is 2.30. The molecule has 128 valence electrons. The van der Waals surface area contributed by atoms with Crippen molar-refractivity contribution in [3.63, 3.8) is 0 Å². The van der Waals surface area contributed by atoms with E-state index >= 15 is 0 Å². The Morgan fingerprint density at radius 3 is 2.96 bits per heavy atom. The Bertz CT molecular complexity index is 1060. The molecular formula is C20H17N5O. The van der Waals surface area contributed by atoms with Gasteiger partial charge in [0.2, 0.25) is 0 Å². The van der Waals surface area contributed by atoms with Crippen LogP contribution >= 0.6 is 0 Å². The van der Waals surface area contributed by atoms with Crippen molar-refractivity contribution in [2.75, 3.05) is 6.54 Å². The molecular weight excluding hydrogens is 326 g/mol. The first-order valence-electron chi connectivity index (χ1n) is 8.62. The molecule has 0 atom stereocenters. The fourth-order valence-electron chi connectivity index (χ4n) is 3.60. The number of benzene rings is 1. The Kier molecular flexibility index (Phi) is 3.35. The number of fused-ring (bicyclic) bond motifs is 2. The highest BCUT2D eigenvalue weighted by Crippen LogP contribution is 2.32. The number of imidazole rings is 1. The lowest BCUT2D eigenvalue weighted by Crippen LogP contribution is -2.26. The SMILES string of the molecule is O=C1c2c(cccc2-c2cn[nH]c2)CN1CCc1cn2ccccc2n1. The average Bonchev–Trinajstić information content (AvgIpc) is 3.39. The van der Waals surface area contributed by atoms with Crippen molar-refractivity contribution in [3.05, 3.63) is 78.0 Å². The summed E-state index contributed by atoms with van der Waals surface area (Å²) < 4.78 is 2.01. The first-order chi connectivity index (χ1) is 12.8. The van der Waals surface area contributed by atoms with Crippen LogP contribution in [0.3, 0.4) is 0 Å². The molecule has 3 aromatic heterocycles. The van der Waals surface area contributed by atoms with E-state index in [1.165, 1.54) is 0 Å². The number of carbonyl (C=O) groups is 1. The molecule has 5 rings (SSSR count). The average molecular weight is 343 g/mol. The van der Waals surface area contributed by atoms with Crippen molar-refractivity contribution >= 4 is 11.6 Å². The normalized spacial score (nSPS) is 13.5. The van der Waals surface area contributed by atoms with E-state index in [-0.39, 0.29) is 5.91 Å². The molecule has 0 spiro atoms. The van der Waals surface area contributed by atoms with E-state index in [0.29, 0.717) is 13.1 Å². The summed E-state index contributed by atoms with van der Waals surface area (Å²) in [4.78, 5) is 19.5. The van der Waals surface area contributed by atoms with Gasteiger partial charge in [0, 0.05) is 43.7 Å². The van der Waals surface area contributed by atoms with Gasteiger partial charge in [0.05, 0.1) is 17.5 Å². The third kappa shape index (κ3) is 2.38. The molecule has 0 saturated heterocycles. The van der Waals surface area contributed by atoms with Gasteiger partial charge in [-0.25, -0.2) is 4.98 Å². The van der Waals surface area contributed by atoms with Gasteiger partial charge in [-0.15, -0.1) is 0 Å². The third-order valence-corrected chi connectivity index (χ3v) is 4.87. The monoisotopic (exact) mass is 343 g/mol. The Morgan fingerprint density at radius 2 is 2.12 bits per heavy atom. The number of aromatic nitrogens is 4. The maximum atomic E-state index is 13.0. The minimum atomic E-state index is 0.0839. The van der Waals surface area contributed by atoms with Gasteiger partial charge >= 0.3 is 0 Å². The topological polar surface area (TPSA) is 66.3 Å². The molecule has 6 heteroatoms. The fraction of sp³-hybridized carbons (Fsp3) is 0.150. The van der Waals surface area contributed by atoms with Crippen LogP contribution in [0.2, 0.25) is 0 Å². The summed E-state index contributed by atoms with van der Waals surface area (Å²) in [7, 11) is 0. The second-order valence-corrected chi connectivity index (χ2v) is 6.50. The summed E-state index contributed by atoms with van der Waals surface area (Å²) >= 11 is 0. The van der Waals surface area contributed by atoms with Gasteiger partial charge in [-0.1, -0.05) is 24.3 Å². The lowest BCUT2D eigenvalue weighted by Gasteiger charge is -2.14. The Morgan fingerprint density at radius 1 is 1.15 bits per heavy atom. The van der Waals surface area contributed by atoms with Crippen molar-refractivity contribution in [1.29, 1.82) is 0 Å². The molecule has 4 aromatic rings. The first kappa shape index (κ1) is 14.9. The number of aromatic amines is 1. The molecule has 0 aliphatic carbocycles. The molecule has 1 aliphatic rings. The largest absolute Gasteiger partial charge is 0.334 e. The van der Waals surface area contributed by atoms with Gasteiger partial charge in [0.1, 0.15) is 5.65 Å². The van der Waals surface area contributed by atoms with Crippen LogP contribution in [0.1, 0.15) is 21.6 Å². The number of nitrogens with zero attached hydrogens (tertiary/aromatic N) is 4. The zero-order valence-corrected chi connectivity index (χ0v) is 14.1. The van der Waals surface area contributed by atoms with E-state index in [4.69, 9.17) is 0 Å². The summed E-state index contributed by atoms with van der Waals surface area (Å²) in [5, 5.41) is 6.82. The molecule has 1 amide bonds. The van der Waals surface area contributed by atoms with Gasteiger partial charge in [-0.3, -0.25) is 9.89 Å². The van der Waals surface area contributed by atoms with Crippen molar-refractivity contribution in [2.45, 2.75) is 13.0 Å². The van der Waals surface area contributed by atoms with Crippen molar-refractivity contribution in [2.24, 2.45) is 0 Å². The molecule has 0 fully saturated rings. The number of hydrogen-bond acceptors (Lipinski definition) is 3. The summed E-state index contributed by atoms with van der Waals surface area (Å²) in [6.07, 6.45) is 8.33. The minimum absolute atomic E-state index is 0.0839. The second-order valence-electron chi connectivity index (χ2n) is 6.50. The van der Waals surface area contributed by atoms with Gasteiger partial charge in [-0.2, -0.15) is 5.10 Å². The van der Waals surface area contributed by atoms with Crippen molar-refractivity contribution < 1.29 is 4.79 Å². The van der Waals surface area contributed by atoms with Gasteiger partial charge in [0.15, 0.2) is 0 Å². The Hall–Kier alpha value is -3.41. The second kappa shape index (κ2) is 5.84. The predicted octanol–water partition coefficient (Wildman–Crippen LogP) is 2.92. The number of H-pyrrole nitrogens is 1. The molecule has 0 saturated carbocycles. The summed E-state index contributed by atoms with van der Waals surface area (Å²) in [5.74, 6) is 0.0839. The minimum Gasteiger partial charge on any atom is -0.334 e. The van der Waals surface area contributed by atoms with Crippen LogP contribution in [0, 0.1) is 0 Å². The standard InChI is InChI=1S/C20H17N5O/c26-20-19-14(4-3-5-17(19)15-10-21-22-11-15)12-25(20)9-7-16-13-24-8-2-1-6-18(24)23-16/h1-6,8,10-11,13H,7,9,12H2,(H,21,22). The number of hydrogen-bond donors (Lipinski definition) is 1. The lowest BCUT2D eigenvalue weighted by atomic mass is 9.99. The van der Waals surface area contributed by atoms with Crippen LogP contribution in [0.15, 0.2) is 61.2 Å².